The van der Waals surface area contributed by atoms with Gasteiger partial charge in [0.25, 0.3) is 0 Å². The summed E-state index contributed by atoms with van der Waals surface area (Å²) < 4.78 is 26.7. The maximum absolute atomic E-state index is 13.5. The minimum absolute atomic E-state index is 0.162. The standard InChI is InChI=1S/C17H26BrF2N/c1-2-3-4-5-6-7-8-9-10-15(21)13-11-12-14(19)17(20)16(13)18/h11-12,15H,2-10,21H2,1H3. The van der Waals surface area contributed by atoms with E-state index < -0.39 is 11.6 Å². The normalized spacial score (nSPS) is 12.6. The smallest absolute Gasteiger partial charge is 0.173 e. The average Bonchev–Trinajstić information content (AvgIpc) is 2.47. The molecule has 1 atom stereocenters. The summed E-state index contributed by atoms with van der Waals surface area (Å²) in [4.78, 5) is 0. The van der Waals surface area contributed by atoms with Crippen LogP contribution in [0.4, 0.5) is 8.78 Å². The zero-order valence-electron chi connectivity index (χ0n) is 12.8. The minimum Gasteiger partial charge on any atom is -0.324 e. The SMILES string of the molecule is CCCCCCCCCCC(N)c1ccc(F)c(F)c1Br. The van der Waals surface area contributed by atoms with Gasteiger partial charge in [-0.3, -0.25) is 0 Å². The molecular weight excluding hydrogens is 336 g/mol. The summed E-state index contributed by atoms with van der Waals surface area (Å²) in [6.07, 6.45) is 10.7. The summed E-state index contributed by atoms with van der Waals surface area (Å²) >= 11 is 3.09. The van der Waals surface area contributed by atoms with Gasteiger partial charge in [-0.25, -0.2) is 8.78 Å². The molecule has 0 radical (unpaired) electrons. The third-order valence-electron chi connectivity index (χ3n) is 3.83. The Bertz CT molecular complexity index is 423. The number of halogens is 3. The second kappa shape index (κ2) is 10.3. The van der Waals surface area contributed by atoms with E-state index in [9.17, 15) is 8.78 Å². The quantitative estimate of drug-likeness (QED) is 0.386. The van der Waals surface area contributed by atoms with E-state index in [0.717, 1.165) is 25.3 Å². The molecule has 1 rings (SSSR count). The molecule has 1 nitrogen and oxygen atoms in total. The first-order chi connectivity index (χ1) is 10.1. The van der Waals surface area contributed by atoms with Crippen LogP contribution in [0.1, 0.15) is 76.3 Å². The van der Waals surface area contributed by atoms with Crippen molar-refractivity contribution < 1.29 is 8.78 Å². The van der Waals surface area contributed by atoms with Gasteiger partial charge < -0.3 is 5.73 Å². The number of unbranched alkanes of at least 4 members (excludes halogenated alkanes) is 7. The molecule has 4 heteroatoms. The Morgan fingerprint density at radius 1 is 1.00 bits per heavy atom. The molecule has 0 heterocycles. The zero-order chi connectivity index (χ0) is 15.7. The second-order valence-corrected chi connectivity index (χ2v) is 6.43. The molecule has 0 amide bonds. The lowest BCUT2D eigenvalue weighted by Gasteiger charge is -2.14. The second-order valence-electron chi connectivity index (χ2n) is 5.63. The molecule has 0 fully saturated rings. The maximum atomic E-state index is 13.5. The van der Waals surface area contributed by atoms with E-state index in [1.54, 1.807) is 6.07 Å². The fraction of sp³-hybridized carbons (Fsp3) is 0.647. The van der Waals surface area contributed by atoms with Gasteiger partial charge in [0.2, 0.25) is 0 Å². The van der Waals surface area contributed by atoms with Crippen molar-refractivity contribution in [2.45, 2.75) is 70.8 Å². The van der Waals surface area contributed by atoms with Crippen molar-refractivity contribution in [1.82, 2.24) is 0 Å². The predicted octanol–water partition coefficient (Wildman–Crippen LogP) is 6.26. The molecule has 2 N–H and O–H groups in total. The molecule has 0 aliphatic carbocycles. The van der Waals surface area contributed by atoms with Crippen LogP contribution < -0.4 is 5.73 Å². The molecule has 0 saturated carbocycles. The molecule has 0 aliphatic rings. The van der Waals surface area contributed by atoms with Crippen LogP contribution >= 0.6 is 15.9 Å². The van der Waals surface area contributed by atoms with Gasteiger partial charge in [0, 0.05) is 6.04 Å². The van der Waals surface area contributed by atoms with Gasteiger partial charge in [-0.2, -0.15) is 0 Å². The van der Waals surface area contributed by atoms with Crippen LogP contribution in [0.3, 0.4) is 0 Å². The number of rotatable bonds is 10. The van der Waals surface area contributed by atoms with E-state index in [1.807, 2.05) is 0 Å². The van der Waals surface area contributed by atoms with E-state index in [0.29, 0.717) is 5.56 Å². The largest absolute Gasteiger partial charge is 0.324 e. The van der Waals surface area contributed by atoms with Crippen molar-refractivity contribution in [1.29, 1.82) is 0 Å². The first-order valence-corrected chi connectivity index (χ1v) is 8.76. The van der Waals surface area contributed by atoms with Gasteiger partial charge in [0.05, 0.1) is 4.47 Å². The van der Waals surface area contributed by atoms with Gasteiger partial charge in [-0.1, -0.05) is 64.4 Å². The van der Waals surface area contributed by atoms with Crippen LogP contribution in [0.5, 0.6) is 0 Å². The molecule has 120 valence electrons. The van der Waals surface area contributed by atoms with Crippen molar-refractivity contribution in [3.63, 3.8) is 0 Å². The van der Waals surface area contributed by atoms with Crippen LogP contribution in [-0.2, 0) is 0 Å². The third-order valence-corrected chi connectivity index (χ3v) is 4.64. The Hall–Kier alpha value is -0.480. The number of hydrogen-bond acceptors (Lipinski definition) is 1. The van der Waals surface area contributed by atoms with E-state index in [4.69, 9.17) is 5.73 Å². The highest BCUT2D eigenvalue weighted by atomic mass is 79.9. The highest BCUT2D eigenvalue weighted by molar-refractivity contribution is 9.10. The highest BCUT2D eigenvalue weighted by Gasteiger charge is 2.15. The molecule has 1 aromatic carbocycles. The number of hydrogen-bond donors (Lipinski definition) is 1. The van der Waals surface area contributed by atoms with E-state index in [2.05, 4.69) is 22.9 Å². The fourth-order valence-electron chi connectivity index (χ4n) is 2.48. The first-order valence-electron chi connectivity index (χ1n) is 7.96. The van der Waals surface area contributed by atoms with Crippen LogP contribution in [-0.4, -0.2) is 0 Å². The minimum atomic E-state index is -0.848. The third kappa shape index (κ3) is 6.43. The topological polar surface area (TPSA) is 26.0 Å². The molecule has 1 aromatic rings. The van der Waals surface area contributed by atoms with Crippen LogP contribution in [0.2, 0.25) is 0 Å². The van der Waals surface area contributed by atoms with E-state index in [1.165, 1.54) is 38.5 Å². The number of benzene rings is 1. The summed E-state index contributed by atoms with van der Waals surface area (Å²) in [6.45, 7) is 2.22. The van der Waals surface area contributed by atoms with Gasteiger partial charge in [-0.15, -0.1) is 0 Å². The van der Waals surface area contributed by atoms with E-state index >= 15 is 0 Å². The fourth-order valence-corrected chi connectivity index (χ4v) is 3.10. The van der Waals surface area contributed by atoms with Crippen molar-refractivity contribution in [3.05, 3.63) is 33.8 Å². The molecule has 21 heavy (non-hydrogen) atoms. The van der Waals surface area contributed by atoms with Crippen LogP contribution in [0.25, 0.3) is 0 Å². The Morgan fingerprint density at radius 3 is 2.19 bits per heavy atom. The van der Waals surface area contributed by atoms with Gasteiger partial charge in [-0.05, 0) is 34.0 Å². The van der Waals surface area contributed by atoms with Crippen molar-refractivity contribution in [2.24, 2.45) is 5.73 Å². The molecule has 1 unspecified atom stereocenters. The summed E-state index contributed by atoms with van der Waals surface area (Å²) in [5.41, 5.74) is 6.73. The van der Waals surface area contributed by atoms with E-state index in [-0.39, 0.29) is 10.5 Å². The molecule has 0 aliphatic heterocycles. The summed E-state index contributed by atoms with van der Waals surface area (Å²) in [5, 5.41) is 0. The predicted molar refractivity (Wildman–Crippen MR) is 88.2 cm³/mol. The summed E-state index contributed by atoms with van der Waals surface area (Å²) in [6, 6.07) is 2.47. The Balaban J connectivity index is 2.25. The van der Waals surface area contributed by atoms with Gasteiger partial charge >= 0.3 is 0 Å². The molecule has 0 spiro atoms. The molecule has 0 aromatic heterocycles. The first kappa shape index (κ1) is 18.6. The van der Waals surface area contributed by atoms with Crippen LogP contribution in [0, 0.1) is 11.6 Å². The molecular formula is C17H26BrF2N. The van der Waals surface area contributed by atoms with Crippen molar-refractivity contribution in [2.75, 3.05) is 0 Å². The molecule has 0 saturated heterocycles. The lowest BCUT2D eigenvalue weighted by atomic mass is 10.00. The highest BCUT2D eigenvalue weighted by Crippen LogP contribution is 2.29. The summed E-state index contributed by atoms with van der Waals surface area (Å²) in [5.74, 6) is -1.69. The van der Waals surface area contributed by atoms with Crippen molar-refractivity contribution in [3.8, 4) is 0 Å². The lowest BCUT2D eigenvalue weighted by Crippen LogP contribution is -2.12. The van der Waals surface area contributed by atoms with Gasteiger partial charge in [0.15, 0.2) is 11.6 Å². The number of nitrogens with two attached hydrogens (primary N) is 1. The van der Waals surface area contributed by atoms with Crippen LogP contribution in [0.15, 0.2) is 16.6 Å². The average molecular weight is 362 g/mol. The Morgan fingerprint density at radius 2 is 1.57 bits per heavy atom. The summed E-state index contributed by atoms with van der Waals surface area (Å²) in [7, 11) is 0. The van der Waals surface area contributed by atoms with Gasteiger partial charge in [0.1, 0.15) is 0 Å². The Labute approximate surface area is 135 Å². The Kier molecular flexibility index (Phi) is 9.09. The lowest BCUT2D eigenvalue weighted by molar-refractivity contribution is 0.495. The maximum Gasteiger partial charge on any atom is 0.173 e. The molecule has 0 bridgehead atoms. The zero-order valence-corrected chi connectivity index (χ0v) is 14.4. The monoisotopic (exact) mass is 361 g/mol. The van der Waals surface area contributed by atoms with Crippen molar-refractivity contribution >= 4 is 15.9 Å².